The van der Waals surface area contributed by atoms with Gasteiger partial charge in [0.15, 0.2) is 0 Å². The largest absolute Gasteiger partial charge is 0.349 e. The van der Waals surface area contributed by atoms with Crippen molar-refractivity contribution < 1.29 is 9.59 Å². The molecular weight excluding hydrogens is 288 g/mol. The maximum Gasteiger partial charge on any atom is 0.255 e. The van der Waals surface area contributed by atoms with Crippen LogP contribution in [0.25, 0.3) is 0 Å². The van der Waals surface area contributed by atoms with Crippen LogP contribution < -0.4 is 10.6 Å². The summed E-state index contributed by atoms with van der Waals surface area (Å²) in [6.45, 7) is 3.90. The van der Waals surface area contributed by atoms with Crippen LogP contribution in [0.15, 0.2) is 42.5 Å². The topological polar surface area (TPSA) is 58.2 Å². The minimum absolute atomic E-state index is 0.135. The van der Waals surface area contributed by atoms with Crippen molar-refractivity contribution >= 4 is 17.5 Å². The van der Waals surface area contributed by atoms with Crippen molar-refractivity contribution in [3.8, 4) is 0 Å². The summed E-state index contributed by atoms with van der Waals surface area (Å²) in [7, 11) is 0. The van der Waals surface area contributed by atoms with Crippen molar-refractivity contribution in [1.82, 2.24) is 5.32 Å². The quantitative estimate of drug-likeness (QED) is 0.909. The first kappa shape index (κ1) is 15.3. The van der Waals surface area contributed by atoms with Crippen LogP contribution in [0.2, 0.25) is 0 Å². The van der Waals surface area contributed by atoms with Crippen LogP contribution >= 0.6 is 0 Å². The molecule has 1 saturated carbocycles. The number of para-hydroxylation sites is 1. The Balaban J connectivity index is 1.83. The van der Waals surface area contributed by atoms with Gasteiger partial charge in [-0.15, -0.1) is 0 Å². The Morgan fingerprint density at radius 3 is 2.35 bits per heavy atom. The Morgan fingerprint density at radius 2 is 1.61 bits per heavy atom. The summed E-state index contributed by atoms with van der Waals surface area (Å²) < 4.78 is 0. The maximum absolute atomic E-state index is 12.6. The molecule has 0 aromatic heterocycles. The monoisotopic (exact) mass is 308 g/mol. The summed E-state index contributed by atoms with van der Waals surface area (Å²) in [5.41, 5.74) is 3.68. The highest BCUT2D eigenvalue weighted by atomic mass is 16.2. The van der Waals surface area contributed by atoms with Crippen LogP contribution in [0, 0.1) is 13.8 Å². The number of amides is 2. The van der Waals surface area contributed by atoms with Crippen LogP contribution in [0.1, 0.15) is 44.7 Å². The van der Waals surface area contributed by atoms with E-state index in [1.54, 1.807) is 24.3 Å². The molecule has 0 bridgehead atoms. The summed E-state index contributed by atoms with van der Waals surface area (Å²) in [4.78, 5) is 24.8. The first-order chi connectivity index (χ1) is 11.1. The van der Waals surface area contributed by atoms with Gasteiger partial charge in [-0.05, 0) is 56.0 Å². The number of benzene rings is 2. The molecule has 2 amide bonds. The van der Waals surface area contributed by atoms with Gasteiger partial charge in [-0.3, -0.25) is 9.59 Å². The second-order valence-electron chi connectivity index (χ2n) is 5.99. The molecule has 0 heterocycles. The van der Waals surface area contributed by atoms with Gasteiger partial charge in [0.2, 0.25) is 0 Å². The van der Waals surface area contributed by atoms with Crippen molar-refractivity contribution in [3.05, 3.63) is 64.7 Å². The van der Waals surface area contributed by atoms with Crippen molar-refractivity contribution in [2.75, 3.05) is 5.32 Å². The third-order valence-electron chi connectivity index (χ3n) is 4.18. The fourth-order valence-electron chi connectivity index (χ4n) is 2.47. The Labute approximate surface area is 135 Å². The lowest BCUT2D eigenvalue weighted by molar-refractivity contribution is 0.0952. The molecule has 0 saturated heterocycles. The van der Waals surface area contributed by atoms with E-state index < -0.39 is 0 Å². The molecule has 2 aromatic rings. The number of anilines is 1. The number of aryl methyl sites for hydroxylation is 1. The van der Waals surface area contributed by atoms with E-state index in [4.69, 9.17) is 0 Å². The van der Waals surface area contributed by atoms with Crippen LogP contribution in [-0.4, -0.2) is 17.9 Å². The lowest BCUT2D eigenvalue weighted by Gasteiger charge is -2.13. The average Bonchev–Trinajstić information content (AvgIpc) is 3.34. The van der Waals surface area contributed by atoms with Gasteiger partial charge in [0, 0.05) is 11.6 Å². The van der Waals surface area contributed by atoms with Crippen molar-refractivity contribution in [1.29, 1.82) is 0 Å². The highest BCUT2D eigenvalue weighted by Crippen LogP contribution is 2.22. The number of carbonyl (C=O) groups is 2. The molecule has 0 unspecified atom stereocenters. The lowest BCUT2D eigenvalue weighted by atomic mass is 10.0. The highest BCUT2D eigenvalue weighted by molar-refractivity contribution is 6.09. The van der Waals surface area contributed by atoms with Gasteiger partial charge in [0.25, 0.3) is 11.8 Å². The summed E-state index contributed by atoms with van der Waals surface area (Å²) in [5, 5.41) is 5.82. The normalized spacial score (nSPS) is 13.5. The van der Waals surface area contributed by atoms with Gasteiger partial charge >= 0.3 is 0 Å². The molecule has 4 nitrogen and oxygen atoms in total. The minimum atomic E-state index is -0.196. The molecule has 1 fully saturated rings. The van der Waals surface area contributed by atoms with Crippen molar-refractivity contribution in [2.45, 2.75) is 32.7 Å². The second kappa shape index (κ2) is 6.24. The number of carbonyl (C=O) groups excluding carboxylic acids is 2. The molecule has 0 radical (unpaired) electrons. The second-order valence-corrected chi connectivity index (χ2v) is 5.99. The summed E-state index contributed by atoms with van der Waals surface area (Å²) in [5.74, 6) is -0.331. The maximum atomic E-state index is 12.6. The molecule has 0 aliphatic heterocycles. The molecule has 0 spiro atoms. The van der Waals surface area contributed by atoms with E-state index in [-0.39, 0.29) is 17.9 Å². The number of hydrogen-bond acceptors (Lipinski definition) is 2. The lowest BCUT2D eigenvalue weighted by Crippen LogP contribution is -2.27. The molecular formula is C19H20N2O2. The number of nitrogens with one attached hydrogen (secondary N) is 2. The summed E-state index contributed by atoms with van der Waals surface area (Å²) in [6, 6.07) is 13.0. The molecule has 23 heavy (non-hydrogen) atoms. The van der Waals surface area contributed by atoms with Gasteiger partial charge < -0.3 is 10.6 Å². The molecule has 118 valence electrons. The van der Waals surface area contributed by atoms with Crippen LogP contribution in [0.3, 0.4) is 0 Å². The van der Waals surface area contributed by atoms with Crippen molar-refractivity contribution in [2.24, 2.45) is 0 Å². The van der Waals surface area contributed by atoms with E-state index in [1.807, 2.05) is 32.0 Å². The average molecular weight is 308 g/mol. The predicted octanol–water partition coefficient (Wildman–Crippen LogP) is 3.45. The predicted molar refractivity (Wildman–Crippen MR) is 90.8 cm³/mol. The standard InChI is InChI=1S/C19H20N2O2/c1-12-6-5-8-15(13(12)2)18(22)21-17-9-4-3-7-16(17)19(23)20-14-10-11-14/h3-9,14H,10-11H2,1-2H3,(H,20,23)(H,21,22). The van der Waals surface area contributed by atoms with E-state index >= 15 is 0 Å². The Kier molecular flexibility index (Phi) is 4.15. The smallest absolute Gasteiger partial charge is 0.255 e. The highest BCUT2D eigenvalue weighted by Gasteiger charge is 2.25. The number of hydrogen-bond donors (Lipinski definition) is 2. The van der Waals surface area contributed by atoms with Gasteiger partial charge in [0.1, 0.15) is 0 Å². The van der Waals surface area contributed by atoms with E-state index in [0.29, 0.717) is 16.8 Å². The van der Waals surface area contributed by atoms with Crippen LogP contribution in [-0.2, 0) is 0 Å². The van der Waals surface area contributed by atoms with Gasteiger partial charge in [-0.25, -0.2) is 0 Å². The molecule has 0 atom stereocenters. The van der Waals surface area contributed by atoms with E-state index in [2.05, 4.69) is 10.6 Å². The Hall–Kier alpha value is -2.62. The van der Waals surface area contributed by atoms with Crippen LogP contribution in [0.4, 0.5) is 5.69 Å². The fourth-order valence-corrected chi connectivity index (χ4v) is 2.47. The third-order valence-corrected chi connectivity index (χ3v) is 4.18. The first-order valence-electron chi connectivity index (χ1n) is 7.83. The zero-order valence-electron chi connectivity index (χ0n) is 13.3. The summed E-state index contributed by atoms with van der Waals surface area (Å²) in [6.07, 6.45) is 2.06. The van der Waals surface area contributed by atoms with Gasteiger partial charge in [-0.2, -0.15) is 0 Å². The molecule has 2 aromatic carbocycles. The molecule has 3 rings (SSSR count). The van der Waals surface area contributed by atoms with E-state index in [9.17, 15) is 9.59 Å². The van der Waals surface area contributed by atoms with E-state index in [0.717, 1.165) is 24.0 Å². The summed E-state index contributed by atoms with van der Waals surface area (Å²) >= 11 is 0. The minimum Gasteiger partial charge on any atom is -0.349 e. The molecule has 1 aliphatic carbocycles. The van der Waals surface area contributed by atoms with Crippen molar-refractivity contribution in [3.63, 3.8) is 0 Å². The van der Waals surface area contributed by atoms with E-state index in [1.165, 1.54) is 0 Å². The zero-order valence-corrected chi connectivity index (χ0v) is 13.3. The molecule has 4 heteroatoms. The number of rotatable bonds is 4. The fraction of sp³-hybridized carbons (Fsp3) is 0.263. The van der Waals surface area contributed by atoms with Crippen LogP contribution in [0.5, 0.6) is 0 Å². The Morgan fingerprint density at radius 1 is 0.913 bits per heavy atom. The molecule has 2 N–H and O–H groups in total. The SMILES string of the molecule is Cc1cccc(C(=O)Nc2ccccc2C(=O)NC2CC2)c1C. The third kappa shape index (κ3) is 3.42. The zero-order chi connectivity index (χ0) is 16.4. The first-order valence-corrected chi connectivity index (χ1v) is 7.83. The van der Waals surface area contributed by atoms with Gasteiger partial charge in [-0.1, -0.05) is 24.3 Å². The Bertz CT molecular complexity index is 764. The van der Waals surface area contributed by atoms with Gasteiger partial charge in [0.05, 0.1) is 11.3 Å². The molecule has 1 aliphatic rings.